The number of hydrogen-bond acceptors (Lipinski definition) is 7. The topological polar surface area (TPSA) is 123 Å². The van der Waals surface area contributed by atoms with Gasteiger partial charge in [0.15, 0.2) is 11.6 Å². The molecule has 9 nitrogen and oxygen atoms in total. The first-order valence-corrected chi connectivity index (χ1v) is 13.7. The Hall–Kier alpha value is -3.99. The summed E-state index contributed by atoms with van der Waals surface area (Å²) < 4.78 is 42.4. The fourth-order valence-electron chi connectivity index (χ4n) is 4.25. The van der Waals surface area contributed by atoms with Crippen LogP contribution in [0.15, 0.2) is 52.9 Å². The van der Waals surface area contributed by atoms with Crippen molar-refractivity contribution in [2.45, 2.75) is 73.1 Å². The van der Waals surface area contributed by atoms with Gasteiger partial charge in [-0.3, -0.25) is 4.99 Å². The van der Waals surface area contributed by atoms with Gasteiger partial charge in [-0.25, -0.2) is 14.2 Å². The lowest BCUT2D eigenvalue weighted by Gasteiger charge is -2.28. The lowest BCUT2D eigenvalue weighted by atomic mass is 9.85. The first-order valence-electron chi connectivity index (χ1n) is 13.7. The van der Waals surface area contributed by atoms with E-state index in [2.05, 4.69) is 15.3 Å². The highest BCUT2D eigenvalue weighted by molar-refractivity contribution is 5.98. The van der Waals surface area contributed by atoms with Crippen LogP contribution in [0.1, 0.15) is 60.6 Å². The van der Waals surface area contributed by atoms with Crippen molar-refractivity contribution in [1.82, 2.24) is 14.7 Å². The summed E-state index contributed by atoms with van der Waals surface area (Å²) in [7, 11) is 1.61. The molecule has 1 atom stereocenters. The zero-order valence-electron chi connectivity index (χ0n) is 25.5. The second-order valence-corrected chi connectivity index (χ2v) is 12.1. The average molecular weight is 586 g/mol. The van der Waals surface area contributed by atoms with Gasteiger partial charge in [0.2, 0.25) is 5.82 Å². The monoisotopic (exact) mass is 585 g/mol. The minimum absolute atomic E-state index is 0.0501. The SMILES string of the molecule is CN=C(C)/C(CCOc1c(-c2ccc3ncc(CNC(=O)OC(C)(C)C)n3c2)ccc(F)c1F)=C(\N)C(O)C(C)(C)C. The molecule has 1 unspecified atom stereocenters. The number of aliphatic imine (C=N–C) groups is 1. The van der Waals surface area contributed by atoms with Crippen LogP contribution in [0.3, 0.4) is 0 Å². The summed E-state index contributed by atoms with van der Waals surface area (Å²) in [6, 6.07) is 5.94. The summed E-state index contributed by atoms with van der Waals surface area (Å²) in [5.41, 5.74) is 8.73. The molecule has 0 aliphatic rings. The van der Waals surface area contributed by atoms with Gasteiger partial charge in [0.05, 0.1) is 31.1 Å². The van der Waals surface area contributed by atoms with Gasteiger partial charge in [0, 0.05) is 42.2 Å². The van der Waals surface area contributed by atoms with E-state index in [1.165, 1.54) is 6.07 Å². The molecule has 0 saturated carbocycles. The first-order chi connectivity index (χ1) is 19.5. The zero-order chi connectivity index (χ0) is 31.4. The molecule has 3 aromatic rings. The highest BCUT2D eigenvalue weighted by Crippen LogP contribution is 2.35. The molecule has 0 radical (unpaired) electrons. The van der Waals surface area contributed by atoms with Crippen molar-refractivity contribution in [3.05, 3.63) is 65.3 Å². The van der Waals surface area contributed by atoms with Gasteiger partial charge in [0.1, 0.15) is 11.2 Å². The van der Waals surface area contributed by atoms with E-state index < -0.39 is 34.8 Å². The number of hydrogen-bond donors (Lipinski definition) is 3. The number of pyridine rings is 1. The van der Waals surface area contributed by atoms with Crippen molar-refractivity contribution in [1.29, 1.82) is 0 Å². The largest absolute Gasteiger partial charge is 0.489 e. The number of aliphatic hydroxyl groups excluding tert-OH is 1. The summed E-state index contributed by atoms with van der Waals surface area (Å²) >= 11 is 0. The zero-order valence-corrected chi connectivity index (χ0v) is 25.5. The molecule has 11 heteroatoms. The molecule has 1 aromatic carbocycles. The molecule has 1 amide bonds. The quantitative estimate of drug-likeness (QED) is 0.274. The molecule has 3 rings (SSSR count). The van der Waals surface area contributed by atoms with Crippen molar-refractivity contribution in [3.63, 3.8) is 0 Å². The van der Waals surface area contributed by atoms with Crippen LogP contribution < -0.4 is 15.8 Å². The Kier molecular flexibility index (Phi) is 9.98. The number of fused-ring (bicyclic) bond motifs is 1. The van der Waals surface area contributed by atoms with Crippen molar-refractivity contribution in [2.24, 2.45) is 16.1 Å². The van der Waals surface area contributed by atoms with Gasteiger partial charge in [-0.2, -0.15) is 4.39 Å². The number of aromatic nitrogens is 2. The third-order valence-corrected chi connectivity index (χ3v) is 6.59. The number of carbonyl (C=O) groups is 1. The Bertz CT molecular complexity index is 1500. The van der Waals surface area contributed by atoms with Gasteiger partial charge in [-0.05, 0) is 62.9 Å². The predicted octanol–water partition coefficient (Wildman–Crippen LogP) is 5.78. The Morgan fingerprint density at radius 3 is 2.48 bits per heavy atom. The van der Waals surface area contributed by atoms with Gasteiger partial charge in [0.25, 0.3) is 0 Å². The van der Waals surface area contributed by atoms with Crippen molar-refractivity contribution in [2.75, 3.05) is 13.7 Å². The Labute approximate surface area is 245 Å². The molecule has 0 saturated heterocycles. The molecule has 2 heterocycles. The average Bonchev–Trinajstić information content (AvgIpc) is 3.31. The number of carbonyl (C=O) groups excluding carboxylic acids is 1. The molecule has 0 aliphatic heterocycles. The van der Waals surface area contributed by atoms with Crippen LogP contribution >= 0.6 is 0 Å². The summed E-state index contributed by atoms with van der Waals surface area (Å²) in [5.74, 6) is -2.44. The van der Waals surface area contributed by atoms with Crippen LogP contribution in [-0.4, -0.2) is 51.7 Å². The molecule has 4 N–H and O–H groups in total. The molecule has 228 valence electrons. The summed E-state index contributed by atoms with van der Waals surface area (Å²) in [6.07, 6.45) is 2.02. The number of nitrogens with one attached hydrogen (secondary N) is 1. The van der Waals surface area contributed by atoms with E-state index in [1.54, 1.807) is 63.7 Å². The van der Waals surface area contributed by atoms with Gasteiger partial charge in [-0.15, -0.1) is 0 Å². The summed E-state index contributed by atoms with van der Waals surface area (Å²) in [4.78, 5) is 20.7. The van der Waals surface area contributed by atoms with E-state index in [9.17, 15) is 14.3 Å². The molecular formula is C31H41F2N5O4. The fourth-order valence-corrected chi connectivity index (χ4v) is 4.25. The number of alkyl carbamates (subject to hydrolysis) is 1. The maximum atomic E-state index is 15.1. The van der Waals surface area contributed by atoms with Crippen LogP contribution in [0.5, 0.6) is 5.75 Å². The van der Waals surface area contributed by atoms with Crippen LogP contribution in [0.2, 0.25) is 0 Å². The standard InChI is InChI=1S/C31H41F2N5O4/c1-18(35-8)21(26(34)28(39)30(2,3)4)13-14-41-27-22(10-11-23(32)25(27)33)19-9-12-24-36-15-20(38(24)17-19)16-37-29(40)42-31(5,6)7/h9-12,15,17,28,39H,13-14,16,34H2,1-8H3,(H,37,40)/b26-21-,35-18?. The number of halogens is 2. The smallest absolute Gasteiger partial charge is 0.407 e. The number of ether oxygens (including phenoxy) is 2. The Morgan fingerprint density at radius 2 is 1.86 bits per heavy atom. The van der Waals surface area contributed by atoms with E-state index in [-0.39, 0.29) is 31.0 Å². The van der Waals surface area contributed by atoms with Crippen LogP contribution in [0, 0.1) is 17.0 Å². The third kappa shape index (κ3) is 7.84. The fraction of sp³-hybridized carbons (Fsp3) is 0.452. The van der Waals surface area contributed by atoms with Crippen LogP contribution in [-0.2, 0) is 11.3 Å². The maximum absolute atomic E-state index is 15.1. The van der Waals surface area contributed by atoms with Crippen LogP contribution in [0.25, 0.3) is 16.8 Å². The summed E-state index contributed by atoms with van der Waals surface area (Å²) in [6.45, 7) is 12.8. The van der Waals surface area contributed by atoms with E-state index in [1.807, 2.05) is 20.8 Å². The number of aliphatic hydroxyl groups is 1. The minimum atomic E-state index is -1.13. The van der Waals surface area contributed by atoms with E-state index in [4.69, 9.17) is 15.2 Å². The molecule has 0 bridgehead atoms. The van der Waals surface area contributed by atoms with Crippen molar-refractivity contribution >= 4 is 17.5 Å². The predicted molar refractivity (Wildman–Crippen MR) is 159 cm³/mol. The summed E-state index contributed by atoms with van der Waals surface area (Å²) in [5, 5.41) is 13.4. The van der Waals surface area contributed by atoms with Gasteiger partial charge >= 0.3 is 6.09 Å². The molecule has 42 heavy (non-hydrogen) atoms. The lowest BCUT2D eigenvalue weighted by molar-refractivity contribution is 0.0522. The number of benzene rings is 1. The highest BCUT2D eigenvalue weighted by atomic mass is 19.2. The molecule has 0 fully saturated rings. The van der Waals surface area contributed by atoms with Gasteiger partial charge in [-0.1, -0.05) is 20.8 Å². The molecule has 0 aliphatic carbocycles. The highest BCUT2D eigenvalue weighted by Gasteiger charge is 2.27. The number of nitrogens with two attached hydrogens (primary N) is 1. The first kappa shape index (κ1) is 32.5. The lowest BCUT2D eigenvalue weighted by Crippen LogP contribution is -2.34. The molecule has 0 spiro atoms. The van der Waals surface area contributed by atoms with Crippen LogP contribution in [0.4, 0.5) is 13.6 Å². The van der Waals surface area contributed by atoms with E-state index in [0.717, 1.165) is 6.07 Å². The second kappa shape index (κ2) is 12.9. The van der Waals surface area contributed by atoms with E-state index in [0.29, 0.717) is 33.8 Å². The Balaban J connectivity index is 1.91. The number of imidazole rings is 1. The van der Waals surface area contributed by atoms with E-state index >= 15 is 4.39 Å². The van der Waals surface area contributed by atoms with Crippen molar-refractivity contribution in [3.8, 4) is 16.9 Å². The normalized spacial score (nSPS) is 14.0. The maximum Gasteiger partial charge on any atom is 0.407 e. The Morgan fingerprint density at radius 1 is 1.17 bits per heavy atom. The third-order valence-electron chi connectivity index (χ3n) is 6.59. The minimum Gasteiger partial charge on any atom is -0.489 e. The number of nitrogens with zero attached hydrogens (tertiary/aromatic N) is 3. The molecule has 2 aromatic heterocycles. The second-order valence-electron chi connectivity index (χ2n) is 12.1. The van der Waals surface area contributed by atoms with Gasteiger partial charge < -0.3 is 30.0 Å². The number of rotatable bonds is 9. The molecular weight excluding hydrogens is 544 g/mol. The number of amides is 1. The van der Waals surface area contributed by atoms with Crippen molar-refractivity contribution < 1.29 is 28.2 Å².